The van der Waals surface area contributed by atoms with Crippen molar-refractivity contribution in [2.45, 2.75) is 13.8 Å². The van der Waals surface area contributed by atoms with E-state index in [0.29, 0.717) is 24.5 Å². The Morgan fingerprint density at radius 3 is 2.50 bits per heavy atom. The van der Waals surface area contributed by atoms with E-state index in [2.05, 4.69) is 5.10 Å². The molecule has 126 valence electrons. The molecule has 1 saturated heterocycles. The standard InChI is InChI=1S/C17H19FN4O2/c1-10-7-21(9-14(10)16(19)23)17(24)15-11(2)8-22(20-15)13-5-3-12(18)4-6-13/h3-6,8,10,14H,7,9H2,1-2H3,(H2,19,23)/t10-,14-/m1/s1. The van der Waals surface area contributed by atoms with Crippen molar-refractivity contribution in [3.8, 4) is 5.69 Å². The van der Waals surface area contributed by atoms with Gasteiger partial charge in [-0.2, -0.15) is 5.10 Å². The first-order chi connectivity index (χ1) is 11.4. The van der Waals surface area contributed by atoms with Crippen LogP contribution in [0.1, 0.15) is 23.0 Å². The smallest absolute Gasteiger partial charge is 0.274 e. The third-order valence-electron chi connectivity index (χ3n) is 4.46. The van der Waals surface area contributed by atoms with E-state index in [-0.39, 0.29) is 29.5 Å². The van der Waals surface area contributed by atoms with Crippen LogP contribution in [0.2, 0.25) is 0 Å². The van der Waals surface area contributed by atoms with Crippen LogP contribution in [0.3, 0.4) is 0 Å². The van der Waals surface area contributed by atoms with Crippen LogP contribution in [-0.2, 0) is 4.79 Å². The maximum atomic E-state index is 13.0. The second-order valence-corrected chi connectivity index (χ2v) is 6.28. The number of aryl methyl sites for hydroxylation is 1. The molecule has 3 rings (SSSR count). The Morgan fingerprint density at radius 1 is 1.25 bits per heavy atom. The minimum absolute atomic E-state index is 0.0333. The van der Waals surface area contributed by atoms with Gasteiger partial charge in [0.2, 0.25) is 5.91 Å². The molecular formula is C17H19FN4O2. The highest BCUT2D eigenvalue weighted by Crippen LogP contribution is 2.25. The Hall–Kier alpha value is -2.70. The zero-order valence-electron chi connectivity index (χ0n) is 13.6. The maximum absolute atomic E-state index is 13.0. The second kappa shape index (κ2) is 6.07. The highest BCUT2D eigenvalue weighted by Gasteiger charge is 2.37. The van der Waals surface area contributed by atoms with Gasteiger partial charge in [-0.05, 0) is 37.1 Å². The molecule has 1 aromatic carbocycles. The van der Waals surface area contributed by atoms with Gasteiger partial charge < -0.3 is 10.6 Å². The van der Waals surface area contributed by atoms with Crippen LogP contribution in [0.25, 0.3) is 5.69 Å². The van der Waals surface area contributed by atoms with Crippen LogP contribution in [0, 0.1) is 24.6 Å². The second-order valence-electron chi connectivity index (χ2n) is 6.28. The fraction of sp³-hybridized carbons (Fsp3) is 0.353. The number of primary amides is 1. The van der Waals surface area contributed by atoms with E-state index < -0.39 is 0 Å². The zero-order chi connectivity index (χ0) is 17.4. The molecule has 1 fully saturated rings. The van der Waals surface area contributed by atoms with Crippen molar-refractivity contribution in [2.24, 2.45) is 17.6 Å². The van der Waals surface area contributed by atoms with Crippen molar-refractivity contribution in [3.63, 3.8) is 0 Å². The van der Waals surface area contributed by atoms with Crippen molar-refractivity contribution in [3.05, 3.63) is 47.5 Å². The normalized spacial score (nSPS) is 20.4. The lowest BCUT2D eigenvalue weighted by Crippen LogP contribution is -2.32. The molecule has 2 heterocycles. The lowest BCUT2D eigenvalue weighted by Gasteiger charge is -2.14. The number of benzene rings is 1. The van der Waals surface area contributed by atoms with Gasteiger partial charge in [-0.25, -0.2) is 9.07 Å². The SMILES string of the molecule is Cc1cn(-c2ccc(F)cc2)nc1C(=O)N1C[C@@H](C)[C@H](C(N)=O)C1. The molecule has 0 bridgehead atoms. The van der Waals surface area contributed by atoms with Crippen LogP contribution in [0.15, 0.2) is 30.5 Å². The van der Waals surface area contributed by atoms with Gasteiger partial charge in [0.05, 0.1) is 11.6 Å². The summed E-state index contributed by atoms with van der Waals surface area (Å²) in [5, 5.41) is 4.34. The van der Waals surface area contributed by atoms with Crippen molar-refractivity contribution >= 4 is 11.8 Å². The predicted molar refractivity (Wildman–Crippen MR) is 86.0 cm³/mol. The number of halogens is 1. The zero-order valence-corrected chi connectivity index (χ0v) is 13.6. The molecule has 0 unspecified atom stereocenters. The van der Waals surface area contributed by atoms with Gasteiger partial charge in [-0.1, -0.05) is 6.92 Å². The van der Waals surface area contributed by atoms with E-state index in [9.17, 15) is 14.0 Å². The van der Waals surface area contributed by atoms with E-state index in [1.807, 2.05) is 6.92 Å². The van der Waals surface area contributed by atoms with Crippen LogP contribution in [-0.4, -0.2) is 39.6 Å². The summed E-state index contributed by atoms with van der Waals surface area (Å²) in [7, 11) is 0. The fourth-order valence-electron chi connectivity index (χ4n) is 3.05. The first-order valence-corrected chi connectivity index (χ1v) is 7.77. The summed E-state index contributed by atoms with van der Waals surface area (Å²) in [6.45, 7) is 4.51. The number of carbonyl (C=O) groups excluding carboxylic acids is 2. The lowest BCUT2D eigenvalue weighted by molar-refractivity contribution is -0.122. The number of amides is 2. The molecule has 6 nitrogen and oxygen atoms in total. The third-order valence-corrected chi connectivity index (χ3v) is 4.46. The fourth-order valence-corrected chi connectivity index (χ4v) is 3.05. The molecule has 1 aliphatic heterocycles. The van der Waals surface area contributed by atoms with Crippen LogP contribution in [0.5, 0.6) is 0 Å². The van der Waals surface area contributed by atoms with Crippen molar-refractivity contribution in [1.82, 2.24) is 14.7 Å². The number of aromatic nitrogens is 2. The molecule has 1 aliphatic rings. The minimum atomic E-state index is -0.383. The van der Waals surface area contributed by atoms with Gasteiger partial charge in [0.1, 0.15) is 5.82 Å². The van der Waals surface area contributed by atoms with E-state index in [1.165, 1.54) is 12.1 Å². The Balaban J connectivity index is 1.84. The summed E-state index contributed by atoms with van der Waals surface area (Å²) in [4.78, 5) is 25.8. The molecule has 0 aliphatic carbocycles. The number of hydrogen-bond acceptors (Lipinski definition) is 3. The van der Waals surface area contributed by atoms with E-state index in [4.69, 9.17) is 5.73 Å². The van der Waals surface area contributed by atoms with Crippen molar-refractivity contribution < 1.29 is 14.0 Å². The summed E-state index contributed by atoms with van der Waals surface area (Å²) in [6, 6.07) is 5.87. The number of nitrogens with zero attached hydrogens (tertiary/aromatic N) is 3. The van der Waals surface area contributed by atoms with Crippen LogP contribution < -0.4 is 5.73 Å². The van der Waals surface area contributed by atoms with Gasteiger partial charge >= 0.3 is 0 Å². The molecule has 2 N–H and O–H groups in total. The summed E-state index contributed by atoms with van der Waals surface area (Å²) < 4.78 is 14.6. The molecule has 2 aromatic rings. The summed E-state index contributed by atoms with van der Waals surface area (Å²) >= 11 is 0. The quantitative estimate of drug-likeness (QED) is 0.926. The van der Waals surface area contributed by atoms with E-state index >= 15 is 0 Å². The van der Waals surface area contributed by atoms with Gasteiger partial charge in [0.25, 0.3) is 5.91 Å². The Labute approximate surface area is 139 Å². The Bertz CT molecular complexity index is 784. The Morgan fingerprint density at radius 2 is 1.92 bits per heavy atom. The number of likely N-dealkylation sites (tertiary alicyclic amines) is 1. The average Bonchev–Trinajstić information content (AvgIpc) is 3.11. The first kappa shape index (κ1) is 16.2. The highest BCUT2D eigenvalue weighted by molar-refractivity contribution is 5.94. The van der Waals surface area contributed by atoms with E-state index in [1.54, 1.807) is 34.8 Å². The van der Waals surface area contributed by atoms with Crippen molar-refractivity contribution in [2.75, 3.05) is 13.1 Å². The van der Waals surface area contributed by atoms with Crippen molar-refractivity contribution in [1.29, 1.82) is 0 Å². The monoisotopic (exact) mass is 330 g/mol. The van der Waals surface area contributed by atoms with E-state index in [0.717, 1.165) is 5.56 Å². The molecule has 7 heteroatoms. The van der Waals surface area contributed by atoms with Crippen LogP contribution in [0.4, 0.5) is 4.39 Å². The summed E-state index contributed by atoms with van der Waals surface area (Å²) in [5.74, 6) is -1.22. The molecular weight excluding hydrogens is 311 g/mol. The number of hydrogen-bond donors (Lipinski definition) is 1. The van der Waals surface area contributed by atoms with Gasteiger partial charge in [0.15, 0.2) is 5.69 Å². The number of carbonyl (C=O) groups is 2. The highest BCUT2D eigenvalue weighted by atomic mass is 19.1. The lowest BCUT2D eigenvalue weighted by atomic mass is 9.98. The topological polar surface area (TPSA) is 81.2 Å². The largest absolute Gasteiger partial charge is 0.369 e. The molecule has 0 saturated carbocycles. The third kappa shape index (κ3) is 2.89. The number of rotatable bonds is 3. The average molecular weight is 330 g/mol. The summed E-state index contributed by atoms with van der Waals surface area (Å²) in [6.07, 6.45) is 1.73. The Kier molecular flexibility index (Phi) is 4.09. The van der Waals surface area contributed by atoms with Crippen LogP contribution >= 0.6 is 0 Å². The molecule has 0 spiro atoms. The minimum Gasteiger partial charge on any atom is -0.369 e. The molecule has 2 atom stereocenters. The predicted octanol–water partition coefficient (Wildman–Crippen LogP) is 1.51. The van der Waals surface area contributed by atoms with Gasteiger partial charge in [-0.15, -0.1) is 0 Å². The molecule has 1 aromatic heterocycles. The molecule has 24 heavy (non-hydrogen) atoms. The van der Waals surface area contributed by atoms with Gasteiger partial charge in [-0.3, -0.25) is 9.59 Å². The number of nitrogens with two attached hydrogens (primary N) is 1. The molecule has 2 amide bonds. The maximum Gasteiger partial charge on any atom is 0.274 e. The molecule has 0 radical (unpaired) electrons. The first-order valence-electron chi connectivity index (χ1n) is 7.77. The van der Waals surface area contributed by atoms with Gasteiger partial charge in [0, 0.05) is 24.8 Å². The summed E-state index contributed by atoms with van der Waals surface area (Å²) in [5.41, 5.74) is 7.11.